The fraction of sp³-hybridized carbons (Fsp3) is 0.0303. The van der Waals surface area contributed by atoms with Gasteiger partial charge in [0.15, 0.2) is 0 Å². The highest BCUT2D eigenvalue weighted by molar-refractivity contribution is 6.22. The van der Waals surface area contributed by atoms with Crippen LogP contribution in [0.4, 0.5) is 0 Å². The number of rotatable bonds is 6. The van der Waals surface area contributed by atoms with E-state index >= 15 is 0 Å². The average Bonchev–Trinajstić information content (AvgIpc) is 3.39. The van der Waals surface area contributed by atoms with E-state index in [0.29, 0.717) is 11.8 Å². The van der Waals surface area contributed by atoms with Crippen LogP contribution >= 0.6 is 0 Å². The lowest BCUT2D eigenvalue weighted by molar-refractivity contribution is 0.663. The van der Waals surface area contributed by atoms with Gasteiger partial charge in [-0.1, -0.05) is 200 Å². The molecule has 11 aromatic carbocycles. The molecule has 0 N–H and O–H groups in total. The molecule has 0 fully saturated rings. The Balaban J connectivity index is 1.06. The second-order valence-electron chi connectivity index (χ2n) is 18.0. The van der Waals surface area contributed by atoms with Crippen molar-refractivity contribution >= 4 is 59.4 Å². The fourth-order valence-corrected chi connectivity index (χ4v) is 10.7. The zero-order chi connectivity index (χ0) is 43.6. The fourth-order valence-electron chi connectivity index (χ4n) is 10.7. The van der Waals surface area contributed by atoms with Crippen molar-refractivity contribution in [1.29, 1.82) is 0 Å². The summed E-state index contributed by atoms with van der Waals surface area (Å²) >= 11 is 0. The highest BCUT2D eigenvalue weighted by Gasteiger charge is 2.22. The molecule has 0 saturated carbocycles. The van der Waals surface area contributed by atoms with Gasteiger partial charge in [0.2, 0.25) is 0 Å². The number of allylic oxidation sites excluding steroid dienone is 8. The normalized spacial score (nSPS) is 15.5. The molecule has 0 nitrogen and oxygen atoms in total. The first-order valence-corrected chi connectivity index (χ1v) is 23.1. The molecule has 0 amide bonds. The van der Waals surface area contributed by atoms with Crippen molar-refractivity contribution in [3.05, 3.63) is 260 Å². The number of benzene rings is 11. The molecule has 0 heterocycles. The predicted octanol–water partition coefficient (Wildman–Crippen LogP) is 18.1. The van der Waals surface area contributed by atoms with E-state index in [4.69, 9.17) is 0 Å². The smallest absolute Gasteiger partial charge is 0.00567 e. The second-order valence-corrected chi connectivity index (χ2v) is 18.0. The van der Waals surface area contributed by atoms with Crippen molar-refractivity contribution in [3.8, 4) is 55.6 Å². The number of hydrogen-bond acceptors (Lipinski definition) is 0. The van der Waals surface area contributed by atoms with Gasteiger partial charge in [0.1, 0.15) is 0 Å². The first kappa shape index (κ1) is 38.2. The Hall–Kier alpha value is -8.32. The minimum absolute atomic E-state index is 0.341. The topological polar surface area (TPSA) is 0 Å². The lowest BCUT2D eigenvalue weighted by atomic mass is 9.80. The van der Waals surface area contributed by atoms with E-state index in [1.807, 2.05) is 0 Å². The first-order chi connectivity index (χ1) is 32.7. The summed E-state index contributed by atoms with van der Waals surface area (Å²) in [4.78, 5) is 0. The van der Waals surface area contributed by atoms with Crippen LogP contribution < -0.4 is 0 Å². The quantitative estimate of drug-likeness (QED) is 0.146. The highest BCUT2D eigenvalue weighted by atomic mass is 14.3. The Morgan fingerprint density at radius 1 is 0.242 bits per heavy atom. The number of fused-ring (bicyclic) bond motifs is 6. The Kier molecular flexibility index (Phi) is 9.10. The first-order valence-electron chi connectivity index (χ1n) is 23.1. The Labute approximate surface area is 385 Å². The minimum atomic E-state index is 0.341. The largest absolute Gasteiger partial charge is 0.0767 e. The molecule has 308 valence electrons. The highest BCUT2D eigenvalue weighted by Crippen LogP contribution is 2.47. The van der Waals surface area contributed by atoms with Crippen LogP contribution in [-0.2, 0) is 0 Å². The third-order valence-corrected chi connectivity index (χ3v) is 14.0. The third-order valence-electron chi connectivity index (χ3n) is 14.0. The molecule has 11 aromatic rings. The molecule has 2 aliphatic carbocycles. The SMILES string of the molecule is C1=CC2C=CC(c3cc(-c4ccc5ccccc5c4)cc(-c4c5ccccc5c(-c5cc(-c6ccc7ccccc7c6)cc(-c6ccc7ccccc7c6)c5)c5ccccc45)c3)=CC2C=C1. The molecule has 13 rings (SSSR count). The van der Waals surface area contributed by atoms with Crippen LogP contribution in [0.1, 0.15) is 5.56 Å². The van der Waals surface area contributed by atoms with Crippen LogP contribution in [0.25, 0.3) is 115 Å². The monoisotopic (exact) mass is 836 g/mol. The standard InChI is InChI=1S/C66H44/c1-5-17-47-33-51(29-25-43(47)13-1)55-37-56(52-30-26-44-14-2-6-18-48(44)34-52)40-59(39-55)65-61-21-9-11-23-63(61)66(64-24-12-10-22-62(64)65)60-41-57(53-31-27-45-15-3-7-19-49(45)35-53)38-58(42-60)54-32-28-46-16-4-8-20-50(46)36-54/h1-43,47H. The van der Waals surface area contributed by atoms with Gasteiger partial charge in [-0.15, -0.1) is 0 Å². The van der Waals surface area contributed by atoms with Gasteiger partial charge in [-0.25, -0.2) is 0 Å². The molecule has 0 heteroatoms. The van der Waals surface area contributed by atoms with Crippen molar-refractivity contribution < 1.29 is 0 Å². The van der Waals surface area contributed by atoms with Crippen LogP contribution in [-0.4, -0.2) is 0 Å². The zero-order valence-electron chi connectivity index (χ0n) is 36.4. The molecule has 0 aliphatic heterocycles. The summed E-state index contributed by atoms with van der Waals surface area (Å²) in [7, 11) is 0. The zero-order valence-corrected chi connectivity index (χ0v) is 36.4. The summed E-state index contributed by atoms with van der Waals surface area (Å²) < 4.78 is 0. The van der Waals surface area contributed by atoms with E-state index in [-0.39, 0.29) is 0 Å². The molecule has 0 saturated heterocycles. The van der Waals surface area contributed by atoms with Crippen LogP contribution in [0.5, 0.6) is 0 Å². The maximum absolute atomic E-state index is 2.46. The molecule has 0 radical (unpaired) electrons. The summed E-state index contributed by atoms with van der Waals surface area (Å²) in [6, 6.07) is 79.3. The van der Waals surface area contributed by atoms with Crippen LogP contribution in [0.15, 0.2) is 255 Å². The van der Waals surface area contributed by atoms with E-state index < -0.39 is 0 Å². The van der Waals surface area contributed by atoms with Crippen LogP contribution in [0.3, 0.4) is 0 Å². The van der Waals surface area contributed by atoms with Gasteiger partial charge < -0.3 is 0 Å². The van der Waals surface area contributed by atoms with E-state index in [0.717, 1.165) is 0 Å². The molecule has 0 spiro atoms. The lowest BCUT2D eigenvalue weighted by Gasteiger charge is -2.24. The average molecular weight is 837 g/mol. The second kappa shape index (κ2) is 15.7. The Bertz CT molecular complexity index is 3730. The number of hydrogen-bond donors (Lipinski definition) is 0. The van der Waals surface area contributed by atoms with Gasteiger partial charge in [-0.2, -0.15) is 0 Å². The molecule has 2 atom stereocenters. The van der Waals surface area contributed by atoms with Crippen LogP contribution in [0, 0.1) is 11.8 Å². The van der Waals surface area contributed by atoms with Crippen molar-refractivity contribution in [2.45, 2.75) is 0 Å². The van der Waals surface area contributed by atoms with Crippen LogP contribution in [0.2, 0.25) is 0 Å². The maximum Gasteiger partial charge on any atom is 0.00567 e. The van der Waals surface area contributed by atoms with Gasteiger partial charge in [0.25, 0.3) is 0 Å². The predicted molar refractivity (Wildman–Crippen MR) is 284 cm³/mol. The van der Waals surface area contributed by atoms with E-state index in [1.165, 1.54) is 121 Å². The Morgan fingerprint density at radius 2 is 0.591 bits per heavy atom. The van der Waals surface area contributed by atoms with Gasteiger partial charge >= 0.3 is 0 Å². The summed E-state index contributed by atoms with van der Waals surface area (Å²) in [6.07, 6.45) is 16.2. The minimum Gasteiger partial charge on any atom is -0.0767 e. The molecule has 2 aliphatic rings. The van der Waals surface area contributed by atoms with Crippen molar-refractivity contribution in [2.75, 3.05) is 0 Å². The summed E-state index contributed by atoms with van der Waals surface area (Å²) in [5, 5.41) is 12.4. The lowest BCUT2D eigenvalue weighted by Crippen LogP contribution is -2.11. The van der Waals surface area contributed by atoms with E-state index in [2.05, 4.69) is 255 Å². The van der Waals surface area contributed by atoms with Gasteiger partial charge in [-0.05, 0) is 175 Å². The molecule has 0 bridgehead atoms. The van der Waals surface area contributed by atoms with E-state index in [1.54, 1.807) is 0 Å². The molecule has 66 heavy (non-hydrogen) atoms. The van der Waals surface area contributed by atoms with Crippen molar-refractivity contribution in [3.63, 3.8) is 0 Å². The van der Waals surface area contributed by atoms with E-state index in [9.17, 15) is 0 Å². The van der Waals surface area contributed by atoms with Crippen molar-refractivity contribution in [2.24, 2.45) is 11.8 Å². The molecule has 2 unspecified atom stereocenters. The van der Waals surface area contributed by atoms with Gasteiger partial charge in [-0.3, -0.25) is 0 Å². The molecule has 0 aromatic heterocycles. The van der Waals surface area contributed by atoms with Crippen molar-refractivity contribution in [1.82, 2.24) is 0 Å². The molecular formula is C66H44. The third kappa shape index (κ3) is 6.70. The van der Waals surface area contributed by atoms with Gasteiger partial charge in [0, 0.05) is 11.8 Å². The summed E-state index contributed by atoms with van der Waals surface area (Å²) in [5.41, 5.74) is 14.7. The summed E-state index contributed by atoms with van der Waals surface area (Å²) in [6.45, 7) is 0. The summed E-state index contributed by atoms with van der Waals surface area (Å²) in [5.74, 6) is 0.734. The van der Waals surface area contributed by atoms with Gasteiger partial charge in [0.05, 0.1) is 0 Å². The molecular weight excluding hydrogens is 793 g/mol. The maximum atomic E-state index is 2.46. The Morgan fingerprint density at radius 3 is 1.03 bits per heavy atom.